The minimum absolute atomic E-state index is 0.0394. The minimum Gasteiger partial charge on any atom is -0.482 e. The van der Waals surface area contributed by atoms with Crippen LogP contribution in [-0.2, 0) is 11.3 Å². The van der Waals surface area contributed by atoms with E-state index in [2.05, 4.69) is 11.0 Å². The molecule has 0 N–H and O–H groups in total. The average Bonchev–Trinajstić information content (AvgIpc) is 2.41. The predicted molar refractivity (Wildman–Crippen MR) is 71.9 cm³/mol. The van der Waals surface area contributed by atoms with Gasteiger partial charge in [-0.3, -0.25) is 4.79 Å². The van der Waals surface area contributed by atoms with E-state index in [0.717, 1.165) is 30.1 Å². The standard InChI is InChI=1S/C14H17N3O2/c1-16(7-3-6-15)9-11-4-5-13-12(8-11)17(2)14(18)10-19-13/h4-5,8H,3,7,9-10H2,1-2H3. The first-order chi connectivity index (χ1) is 9.11. The Kier molecular flexibility index (Phi) is 4.03. The fraction of sp³-hybridized carbons (Fsp3) is 0.429. The number of hydrogen-bond donors (Lipinski definition) is 0. The highest BCUT2D eigenvalue weighted by molar-refractivity contribution is 5.97. The van der Waals surface area contributed by atoms with E-state index in [-0.39, 0.29) is 12.5 Å². The number of rotatable bonds is 4. The first-order valence-corrected chi connectivity index (χ1v) is 6.19. The first kappa shape index (κ1) is 13.4. The third kappa shape index (κ3) is 3.04. The van der Waals surface area contributed by atoms with E-state index in [4.69, 9.17) is 10.00 Å². The van der Waals surface area contributed by atoms with Crippen LogP contribution in [0.3, 0.4) is 0 Å². The minimum atomic E-state index is -0.0394. The highest BCUT2D eigenvalue weighted by atomic mass is 16.5. The summed E-state index contributed by atoms with van der Waals surface area (Å²) >= 11 is 0. The molecule has 0 fully saturated rings. The predicted octanol–water partition coefficient (Wildman–Crippen LogP) is 1.39. The summed E-state index contributed by atoms with van der Waals surface area (Å²) in [7, 11) is 3.73. The summed E-state index contributed by atoms with van der Waals surface area (Å²) in [5.74, 6) is 0.702. The molecule has 100 valence electrons. The Bertz CT molecular complexity index is 522. The Morgan fingerprint density at radius 2 is 2.32 bits per heavy atom. The Morgan fingerprint density at radius 1 is 1.53 bits per heavy atom. The van der Waals surface area contributed by atoms with Crippen molar-refractivity contribution in [3.8, 4) is 11.8 Å². The zero-order chi connectivity index (χ0) is 13.8. The molecule has 1 aliphatic rings. The van der Waals surface area contributed by atoms with E-state index in [1.165, 1.54) is 0 Å². The van der Waals surface area contributed by atoms with Gasteiger partial charge in [0.25, 0.3) is 5.91 Å². The van der Waals surface area contributed by atoms with Crippen LogP contribution in [0.1, 0.15) is 12.0 Å². The molecule has 0 atom stereocenters. The van der Waals surface area contributed by atoms with Crippen LogP contribution in [-0.4, -0.2) is 38.1 Å². The van der Waals surface area contributed by atoms with E-state index < -0.39 is 0 Å². The number of ether oxygens (including phenoxy) is 1. The molecule has 0 aliphatic carbocycles. The van der Waals surface area contributed by atoms with Crippen LogP contribution >= 0.6 is 0 Å². The molecule has 1 heterocycles. The van der Waals surface area contributed by atoms with Crippen molar-refractivity contribution >= 4 is 11.6 Å². The van der Waals surface area contributed by atoms with Crippen LogP contribution in [0.4, 0.5) is 5.69 Å². The van der Waals surface area contributed by atoms with Crippen molar-refractivity contribution in [1.82, 2.24) is 4.90 Å². The van der Waals surface area contributed by atoms with Crippen LogP contribution in [0.5, 0.6) is 5.75 Å². The molecule has 5 heteroatoms. The van der Waals surface area contributed by atoms with Gasteiger partial charge in [0.2, 0.25) is 0 Å². The lowest BCUT2D eigenvalue weighted by atomic mass is 10.1. The lowest BCUT2D eigenvalue weighted by Crippen LogP contribution is -2.35. The van der Waals surface area contributed by atoms with E-state index in [9.17, 15) is 4.79 Å². The van der Waals surface area contributed by atoms with Crippen molar-refractivity contribution in [2.24, 2.45) is 0 Å². The number of nitrogens with zero attached hydrogens (tertiary/aromatic N) is 3. The van der Waals surface area contributed by atoms with Gasteiger partial charge in [0.05, 0.1) is 11.8 Å². The fourth-order valence-corrected chi connectivity index (χ4v) is 2.05. The SMILES string of the molecule is CN(CCC#N)Cc1ccc2c(c1)N(C)C(=O)CO2. The number of nitriles is 1. The number of hydrogen-bond acceptors (Lipinski definition) is 4. The molecular weight excluding hydrogens is 242 g/mol. The normalized spacial score (nSPS) is 14.0. The maximum absolute atomic E-state index is 11.6. The molecular formula is C14H17N3O2. The van der Waals surface area contributed by atoms with Gasteiger partial charge in [-0.15, -0.1) is 0 Å². The zero-order valence-corrected chi connectivity index (χ0v) is 11.2. The van der Waals surface area contributed by atoms with Crippen LogP contribution in [0.15, 0.2) is 18.2 Å². The first-order valence-electron chi connectivity index (χ1n) is 6.19. The van der Waals surface area contributed by atoms with Gasteiger partial charge in [-0.1, -0.05) is 6.07 Å². The van der Waals surface area contributed by atoms with Gasteiger partial charge in [0, 0.05) is 26.6 Å². The number of amides is 1. The molecule has 1 aliphatic heterocycles. The average molecular weight is 259 g/mol. The molecule has 0 saturated heterocycles. The molecule has 1 aromatic rings. The smallest absolute Gasteiger partial charge is 0.264 e. The van der Waals surface area contributed by atoms with E-state index in [0.29, 0.717) is 6.42 Å². The molecule has 1 amide bonds. The van der Waals surface area contributed by atoms with Gasteiger partial charge in [-0.2, -0.15) is 5.26 Å². The Morgan fingerprint density at radius 3 is 3.05 bits per heavy atom. The van der Waals surface area contributed by atoms with Crippen molar-refractivity contribution in [2.75, 3.05) is 32.1 Å². The lowest BCUT2D eigenvalue weighted by Gasteiger charge is -2.27. The summed E-state index contributed by atoms with van der Waals surface area (Å²) in [6, 6.07) is 7.99. The van der Waals surface area contributed by atoms with Crippen molar-refractivity contribution in [3.63, 3.8) is 0 Å². The van der Waals surface area contributed by atoms with E-state index in [1.54, 1.807) is 11.9 Å². The molecule has 2 rings (SSSR count). The second kappa shape index (κ2) is 5.72. The highest BCUT2D eigenvalue weighted by Gasteiger charge is 2.22. The van der Waals surface area contributed by atoms with Crippen molar-refractivity contribution in [1.29, 1.82) is 5.26 Å². The zero-order valence-electron chi connectivity index (χ0n) is 11.2. The quantitative estimate of drug-likeness (QED) is 0.820. The van der Waals surface area contributed by atoms with Gasteiger partial charge >= 0.3 is 0 Å². The van der Waals surface area contributed by atoms with Gasteiger partial charge in [0.1, 0.15) is 5.75 Å². The number of carbonyl (C=O) groups excluding carboxylic acids is 1. The maximum Gasteiger partial charge on any atom is 0.264 e. The molecule has 5 nitrogen and oxygen atoms in total. The monoisotopic (exact) mass is 259 g/mol. The Labute approximate surface area is 113 Å². The van der Waals surface area contributed by atoms with Gasteiger partial charge < -0.3 is 14.5 Å². The third-order valence-electron chi connectivity index (χ3n) is 3.17. The van der Waals surface area contributed by atoms with Crippen LogP contribution in [0, 0.1) is 11.3 Å². The molecule has 1 aromatic carbocycles. The highest BCUT2D eigenvalue weighted by Crippen LogP contribution is 2.32. The summed E-state index contributed by atoms with van der Waals surface area (Å²) in [5, 5.41) is 8.57. The molecule has 0 saturated carbocycles. The van der Waals surface area contributed by atoms with E-state index in [1.807, 2.05) is 25.2 Å². The van der Waals surface area contributed by atoms with Gasteiger partial charge in [-0.05, 0) is 24.7 Å². The largest absolute Gasteiger partial charge is 0.482 e. The third-order valence-corrected chi connectivity index (χ3v) is 3.17. The molecule has 0 bridgehead atoms. The molecule has 0 unspecified atom stereocenters. The summed E-state index contributed by atoms with van der Waals surface area (Å²) in [4.78, 5) is 15.3. The fourth-order valence-electron chi connectivity index (χ4n) is 2.05. The van der Waals surface area contributed by atoms with E-state index >= 15 is 0 Å². The number of likely N-dealkylation sites (N-methyl/N-ethyl adjacent to an activating group) is 1. The molecule has 19 heavy (non-hydrogen) atoms. The van der Waals surface area contributed by atoms with Crippen LogP contribution in [0.2, 0.25) is 0 Å². The van der Waals surface area contributed by atoms with Gasteiger partial charge in [0.15, 0.2) is 6.61 Å². The summed E-state index contributed by atoms with van der Waals surface area (Å²) in [6.45, 7) is 1.58. The second-order valence-corrected chi connectivity index (χ2v) is 4.69. The number of anilines is 1. The second-order valence-electron chi connectivity index (χ2n) is 4.69. The number of carbonyl (C=O) groups is 1. The summed E-state index contributed by atoms with van der Waals surface area (Å²) < 4.78 is 5.38. The van der Waals surface area contributed by atoms with Crippen LogP contribution in [0.25, 0.3) is 0 Å². The van der Waals surface area contributed by atoms with Gasteiger partial charge in [-0.25, -0.2) is 0 Å². The molecule has 0 spiro atoms. The Hall–Kier alpha value is -2.06. The summed E-state index contributed by atoms with van der Waals surface area (Å²) in [6.07, 6.45) is 0.517. The number of fused-ring (bicyclic) bond motifs is 1. The van der Waals surface area contributed by atoms with Crippen LogP contribution < -0.4 is 9.64 Å². The van der Waals surface area contributed by atoms with Crippen molar-refractivity contribution in [2.45, 2.75) is 13.0 Å². The lowest BCUT2D eigenvalue weighted by molar-refractivity contribution is -0.120. The maximum atomic E-state index is 11.6. The summed E-state index contributed by atoms with van der Waals surface area (Å²) in [5.41, 5.74) is 1.91. The van der Waals surface area contributed by atoms with Crippen molar-refractivity contribution < 1.29 is 9.53 Å². The number of benzene rings is 1. The Balaban J connectivity index is 2.12. The van der Waals surface area contributed by atoms with Crippen molar-refractivity contribution in [3.05, 3.63) is 23.8 Å². The molecule has 0 aromatic heterocycles. The molecule has 0 radical (unpaired) electrons. The topological polar surface area (TPSA) is 56.6 Å².